The molecule has 0 bridgehead atoms. The standard InChI is InChI=1S/C8H10N4/c1-6(2)7-3-8-11-9-5-12(8)10-4-7/h3-6H,1-2H3. The Kier molecular flexibility index (Phi) is 1.53. The second-order valence-corrected chi connectivity index (χ2v) is 3.08. The summed E-state index contributed by atoms with van der Waals surface area (Å²) in [6.45, 7) is 4.26. The minimum atomic E-state index is 0.485. The molecule has 0 unspecified atom stereocenters. The van der Waals surface area contributed by atoms with Gasteiger partial charge in [-0.15, -0.1) is 10.2 Å². The number of nitrogens with zero attached hydrogens (tertiary/aromatic N) is 4. The smallest absolute Gasteiger partial charge is 0.177 e. The predicted molar refractivity (Wildman–Crippen MR) is 44.9 cm³/mol. The molecule has 0 fully saturated rings. The highest BCUT2D eigenvalue weighted by Crippen LogP contribution is 2.13. The van der Waals surface area contributed by atoms with E-state index in [0.29, 0.717) is 5.92 Å². The molecule has 0 aromatic carbocycles. The minimum Gasteiger partial charge on any atom is -0.201 e. The van der Waals surface area contributed by atoms with Gasteiger partial charge < -0.3 is 0 Å². The van der Waals surface area contributed by atoms with Crippen molar-refractivity contribution in [3.63, 3.8) is 0 Å². The minimum absolute atomic E-state index is 0.485. The Labute approximate surface area is 70.2 Å². The lowest BCUT2D eigenvalue weighted by molar-refractivity contribution is 0.828. The third-order valence-corrected chi connectivity index (χ3v) is 1.85. The Hall–Kier alpha value is -1.45. The van der Waals surface area contributed by atoms with Crippen LogP contribution in [0, 0.1) is 0 Å². The average molecular weight is 162 g/mol. The zero-order chi connectivity index (χ0) is 8.55. The molecule has 0 radical (unpaired) electrons. The molecule has 0 saturated heterocycles. The van der Waals surface area contributed by atoms with Crippen LogP contribution in [0.25, 0.3) is 5.65 Å². The van der Waals surface area contributed by atoms with Gasteiger partial charge in [0.25, 0.3) is 0 Å². The van der Waals surface area contributed by atoms with Crippen LogP contribution in [0.4, 0.5) is 0 Å². The molecule has 0 aliphatic heterocycles. The average Bonchev–Trinajstić information content (AvgIpc) is 2.49. The Morgan fingerprint density at radius 1 is 1.42 bits per heavy atom. The summed E-state index contributed by atoms with van der Waals surface area (Å²) in [6.07, 6.45) is 3.44. The highest BCUT2D eigenvalue weighted by Gasteiger charge is 2.01. The molecule has 0 atom stereocenters. The number of hydrogen-bond acceptors (Lipinski definition) is 3. The van der Waals surface area contributed by atoms with Gasteiger partial charge in [0.15, 0.2) is 5.65 Å². The van der Waals surface area contributed by atoms with Gasteiger partial charge >= 0.3 is 0 Å². The fraction of sp³-hybridized carbons (Fsp3) is 0.375. The zero-order valence-electron chi connectivity index (χ0n) is 7.10. The van der Waals surface area contributed by atoms with Crippen molar-refractivity contribution in [1.29, 1.82) is 0 Å². The SMILES string of the molecule is CC(C)c1cnn2cnnc2c1. The molecular weight excluding hydrogens is 152 g/mol. The third kappa shape index (κ3) is 1.05. The van der Waals surface area contributed by atoms with Gasteiger partial charge in [0, 0.05) is 0 Å². The molecule has 62 valence electrons. The van der Waals surface area contributed by atoms with E-state index >= 15 is 0 Å². The summed E-state index contributed by atoms with van der Waals surface area (Å²) in [4.78, 5) is 0. The highest BCUT2D eigenvalue weighted by molar-refractivity contribution is 5.38. The maximum absolute atomic E-state index is 4.15. The van der Waals surface area contributed by atoms with Crippen LogP contribution in [0.3, 0.4) is 0 Å². The number of hydrogen-bond donors (Lipinski definition) is 0. The van der Waals surface area contributed by atoms with Crippen LogP contribution in [-0.4, -0.2) is 19.8 Å². The van der Waals surface area contributed by atoms with E-state index in [9.17, 15) is 0 Å². The first-order chi connectivity index (χ1) is 5.77. The van der Waals surface area contributed by atoms with Crippen LogP contribution in [-0.2, 0) is 0 Å². The van der Waals surface area contributed by atoms with E-state index in [-0.39, 0.29) is 0 Å². The van der Waals surface area contributed by atoms with E-state index in [0.717, 1.165) is 5.65 Å². The summed E-state index contributed by atoms with van der Waals surface area (Å²) in [5.74, 6) is 0.485. The van der Waals surface area contributed by atoms with Gasteiger partial charge in [-0.1, -0.05) is 13.8 Å². The van der Waals surface area contributed by atoms with Crippen molar-refractivity contribution in [1.82, 2.24) is 19.8 Å². The summed E-state index contributed by atoms with van der Waals surface area (Å²) < 4.78 is 1.66. The van der Waals surface area contributed by atoms with Gasteiger partial charge in [-0.25, -0.2) is 4.52 Å². The van der Waals surface area contributed by atoms with Gasteiger partial charge in [-0.3, -0.25) is 0 Å². The summed E-state index contributed by atoms with van der Waals surface area (Å²) >= 11 is 0. The Bertz CT molecular complexity index is 391. The molecule has 0 amide bonds. The Balaban J connectivity index is 2.60. The van der Waals surface area contributed by atoms with Gasteiger partial charge in [-0.2, -0.15) is 5.10 Å². The highest BCUT2D eigenvalue weighted by atomic mass is 15.3. The van der Waals surface area contributed by atoms with Crippen molar-refractivity contribution in [3.8, 4) is 0 Å². The normalized spacial score (nSPS) is 11.2. The second kappa shape index (κ2) is 2.55. The molecule has 0 aliphatic rings. The maximum atomic E-state index is 4.15. The van der Waals surface area contributed by atoms with Gasteiger partial charge in [0.05, 0.1) is 6.20 Å². The largest absolute Gasteiger partial charge is 0.201 e. The fourth-order valence-electron chi connectivity index (χ4n) is 1.05. The van der Waals surface area contributed by atoms with Crippen LogP contribution < -0.4 is 0 Å². The van der Waals surface area contributed by atoms with Crippen molar-refractivity contribution in [3.05, 3.63) is 24.2 Å². The second-order valence-electron chi connectivity index (χ2n) is 3.08. The van der Waals surface area contributed by atoms with Crippen molar-refractivity contribution in [2.24, 2.45) is 0 Å². The maximum Gasteiger partial charge on any atom is 0.177 e. The lowest BCUT2D eigenvalue weighted by Crippen LogP contribution is -1.94. The van der Waals surface area contributed by atoms with Gasteiger partial charge in [0.1, 0.15) is 6.33 Å². The van der Waals surface area contributed by atoms with E-state index in [4.69, 9.17) is 0 Å². The van der Waals surface area contributed by atoms with E-state index in [1.54, 1.807) is 10.8 Å². The predicted octanol–water partition coefficient (Wildman–Crippen LogP) is 1.25. The topological polar surface area (TPSA) is 43.1 Å². The van der Waals surface area contributed by atoms with Crippen LogP contribution in [0.15, 0.2) is 18.6 Å². The third-order valence-electron chi connectivity index (χ3n) is 1.85. The van der Waals surface area contributed by atoms with E-state index in [2.05, 4.69) is 29.1 Å². The lowest BCUT2D eigenvalue weighted by Gasteiger charge is -2.02. The Morgan fingerprint density at radius 3 is 3.00 bits per heavy atom. The monoisotopic (exact) mass is 162 g/mol. The molecule has 12 heavy (non-hydrogen) atoms. The van der Waals surface area contributed by atoms with E-state index in [1.807, 2.05) is 12.3 Å². The quantitative estimate of drug-likeness (QED) is 0.633. The summed E-state index contributed by atoms with van der Waals surface area (Å²) in [7, 11) is 0. The van der Waals surface area contributed by atoms with E-state index < -0.39 is 0 Å². The summed E-state index contributed by atoms with van der Waals surface area (Å²) in [5.41, 5.74) is 2.00. The number of fused-ring (bicyclic) bond motifs is 1. The van der Waals surface area contributed by atoms with Crippen LogP contribution in [0.5, 0.6) is 0 Å². The fourth-order valence-corrected chi connectivity index (χ4v) is 1.05. The molecule has 2 heterocycles. The molecule has 4 nitrogen and oxygen atoms in total. The first-order valence-electron chi connectivity index (χ1n) is 3.93. The molecule has 0 saturated carbocycles. The van der Waals surface area contributed by atoms with Crippen LogP contribution >= 0.6 is 0 Å². The molecule has 2 aromatic rings. The summed E-state index contributed by atoms with van der Waals surface area (Å²) in [6, 6.07) is 2.00. The molecular formula is C8H10N4. The zero-order valence-corrected chi connectivity index (χ0v) is 7.10. The molecule has 2 aromatic heterocycles. The van der Waals surface area contributed by atoms with Crippen molar-refractivity contribution in [2.75, 3.05) is 0 Å². The number of rotatable bonds is 1. The lowest BCUT2D eigenvalue weighted by atomic mass is 10.1. The first kappa shape index (κ1) is 7.21. The molecule has 4 heteroatoms. The molecule has 0 aliphatic carbocycles. The molecule has 0 N–H and O–H groups in total. The Morgan fingerprint density at radius 2 is 2.25 bits per heavy atom. The van der Waals surface area contributed by atoms with Crippen molar-refractivity contribution >= 4 is 5.65 Å². The first-order valence-corrected chi connectivity index (χ1v) is 3.93. The number of aromatic nitrogens is 4. The van der Waals surface area contributed by atoms with Gasteiger partial charge in [0.2, 0.25) is 0 Å². The van der Waals surface area contributed by atoms with Gasteiger partial charge in [-0.05, 0) is 17.5 Å². The van der Waals surface area contributed by atoms with Crippen molar-refractivity contribution in [2.45, 2.75) is 19.8 Å². The molecule has 2 rings (SSSR count). The van der Waals surface area contributed by atoms with Crippen molar-refractivity contribution < 1.29 is 0 Å². The van der Waals surface area contributed by atoms with E-state index in [1.165, 1.54) is 5.56 Å². The molecule has 0 spiro atoms. The van der Waals surface area contributed by atoms with Crippen LogP contribution in [0.2, 0.25) is 0 Å². The van der Waals surface area contributed by atoms with Crippen LogP contribution in [0.1, 0.15) is 25.3 Å². The summed E-state index contributed by atoms with van der Waals surface area (Å²) in [5, 5.41) is 11.8.